The van der Waals surface area contributed by atoms with Gasteiger partial charge in [0, 0.05) is 12.1 Å². The van der Waals surface area contributed by atoms with Crippen molar-refractivity contribution < 1.29 is 4.74 Å². The van der Waals surface area contributed by atoms with Crippen LogP contribution in [0.2, 0.25) is 0 Å². The number of nitrogens with two attached hydrogens (primary N) is 1. The van der Waals surface area contributed by atoms with Crippen molar-refractivity contribution >= 4 is 0 Å². The van der Waals surface area contributed by atoms with Gasteiger partial charge < -0.3 is 10.5 Å². The van der Waals surface area contributed by atoms with Gasteiger partial charge >= 0.3 is 0 Å². The normalized spacial score (nSPS) is 11.4. The Labute approximate surface area is 121 Å². The molecule has 0 aliphatic carbocycles. The van der Waals surface area contributed by atoms with Crippen molar-refractivity contribution in [1.29, 1.82) is 0 Å². The van der Waals surface area contributed by atoms with Gasteiger partial charge in [-0.15, -0.1) is 0 Å². The number of ether oxygens (including phenoxy) is 1. The zero-order valence-corrected chi connectivity index (χ0v) is 12.7. The summed E-state index contributed by atoms with van der Waals surface area (Å²) in [7, 11) is 0. The van der Waals surface area contributed by atoms with Gasteiger partial charge in [-0.2, -0.15) is 0 Å². The van der Waals surface area contributed by atoms with Crippen molar-refractivity contribution in [3.05, 3.63) is 59.2 Å². The zero-order chi connectivity index (χ0) is 14.8. The lowest BCUT2D eigenvalue weighted by Crippen LogP contribution is -2.12. The molecule has 0 aromatic heterocycles. The fourth-order valence-electron chi connectivity index (χ4n) is 2.18. The van der Waals surface area contributed by atoms with Gasteiger partial charge in [0.15, 0.2) is 0 Å². The first-order valence-corrected chi connectivity index (χ1v) is 6.99. The minimum absolute atomic E-state index is 0.0516. The molecule has 0 atom stereocenters. The van der Waals surface area contributed by atoms with Crippen LogP contribution in [0.1, 0.15) is 37.5 Å². The van der Waals surface area contributed by atoms with Crippen molar-refractivity contribution in [1.82, 2.24) is 0 Å². The zero-order valence-electron chi connectivity index (χ0n) is 12.7. The van der Waals surface area contributed by atoms with Gasteiger partial charge in [-0.25, -0.2) is 0 Å². The molecule has 2 nitrogen and oxygen atoms in total. The van der Waals surface area contributed by atoms with Crippen LogP contribution in [0.15, 0.2) is 42.5 Å². The van der Waals surface area contributed by atoms with Crippen molar-refractivity contribution in [3.63, 3.8) is 0 Å². The second kappa shape index (κ2) is 5.68. The molecule has 2 heteroatoms. The van der Waals surface area contributed by atoms with Crippen LogP contribution in [0.3, 0.4) is 0 Å². The smallest absolute Gasteiger partial charge is 0.131 e. The second-order valence-corrected chi connectivity index (χ2v) is 6.15. The lowest BCUT2D eigenvalue weighted by Gasteiger charge is -2.23. The number of para-hydroxylation sites is 1. The Bertz CT molecular complexity index is 597. The molecule has 2 N–H and O–H groups in total. The number of benzene rings is 2. The average molecular weight is 269 g/mol. The lowest BCUT2D eigenvalue weighted by atomic mass is 9.86. The molecule has 0 aliphatic rings. The van der Waals surface area contributed by atoms with E-state index in [-0.39, 0.29) is 5.41 Å². The predicted octanol–water partition coefficient (Wildman–Crippen LogP) is 4.54. The van der Waals surface area contributed by atoms with Crippen molar-refractivity contribution in [2.45, 2.75) is 39.7 Å². The highest BCUT2D eigenvalue weighted by atomic mass is 16.5. The summed E-state index contributed by atoms with van der Waals surface area (Å²) in [5.74, 6) is 1.79. The molecule has 0 radical (unpaired) electrons. The molecule has 0 heterocycles. The van der Waals surface area contributed by atoms with Crippen LogP contribution in [0.25, 0.3) is 0 Å². The summed E-state index contributed by atoms with van der Waals surface area (Å²) in [5.41, 5.74) is 9.16. The third-order valence-electron chi connectivity index (χ3n) is 3.40. The molecule has 2 aromatic carbocycles. The Morgan fingerprint density at radius 3 is 2.35 bits per heavy atom. The van der Waals surface area contributed by atoms with E-state index >= 15 is 0 Å². The molecule has 0 amide bonds. The van der Waals surface area contributed by atoms with E-state index in [2.05, 4.69) is 45.9 Å². The lowest BCUT2D eigenvalue weighted by molar-refractivity contribution is 0.452. The van der Waals surface area contributed by atoms with E-state index in [1.54, 1.807) is 0 Å². The third kappa shape index (κ3) is 3.20. The summed E-state index contributed by atoms with van der Waals surface area (Å²) in [6, 6.07) is 14.3. The minimum atomic E-state index is 0.0516. The van der Waals surface area contributed by atoms with Gasteiger partial charge in [0.05, 0.1) is 0 Å². The highest BCUT2D eigenvalue weighted by molar-refractivity contribution is 5.44. The maximum atomic E-state index is 6.15. The second-order valence-electron chi connectivity index (χ2n) is 6.15. The SMILES string of the molecule is Cc1ccc(CN)cc1Oc1ccccc1C(C)(C)C. The summed E-state index contributed by atoms with van der Waals surface area (Å²) in [4.78, 5) is 0. The van der Waals surface area contributed by atoms with Crippen LogP contribution in [0.4, 0.5) is 0 Å². The summed E-state index contributed by atoms with van der Waals surface area (Å²) in [6.45, 7) is 9.15. The molecule has 106 valence electrons. The predicted molar refractivity (Wildman–Crippen MR) is 84.3 cm³/mol. The Morgan fingerprint density at radius 1 is 1.00 bits per heavy atom. The van der Waals surface area contributed by atoms with Crippen LogP contribution in [-0.2, 0) is 12.0 Å². The standard InChI is InChI=1S/C18H23NO/c1-13-9-10-14(12-19)11-17(13)20-16-8-6-5-7-15(16)18(2,3)4/h5-11H,12,19H2,1-4H3. The van der Waals surface area contributed by atoms with Gasteiger partial charge in [-0.3, -0.25) is 0 Å². The Balaban J connectivity index is 2.40. The van der Waals surface area contributed by atoms with E-state index in [1.807, 2.05) is 24.3 Å². The Hall–Kier alpha value is -1.80. The van der Waals surface area contributed by atoms with Crippen LogP contribution < -0.4 is 10.5 Å². The van der Waals surface area contributed by atoms with Crippen molar-refractivity contribution in [2.75, 3.05) is 0 Å². The molecule has 0 unspecified atom stereocenters. The molecule has 2 aromatic rings. The minimum Gasteiger partial charge on any atom is -0.457 e. The maximum Gasteiger partial charge on any atom is 0.131 e. The first kappa shape index (κ1) is 14.6. The number of hydrogen-bond acceptors (Lipinski definition) is 2. The van der Waals surface area contributed by atoms with Crippen molar-refractivity contribution in [3.8, 4) is 11.5 Å². The monoisotopic (exact) mass is 269 g/mol. The molecule has 20 heavy (non-hydrogen) atoms. The maximum absolute atomic E-state index is 6.15. The Morgan fingerprint density at radius 2 is 1.70 bits per heavy atom. The van der Waals surface area contributed by atoms with E-state index in [9.17, 15) is 0 Å². The number of hydrogen-bond donors (Lipinski definition) is 1. The molecular weight excluding hydrogens is 246 g/mol. The molecule has 0 aliphatic heterocycles. The van der Waals surface area contributed by atoms with Gasteiger partial charge in [0.25, 0.3) is 0 Å². The molecule has 0 bridgehead atoms. The van der Waals surface area contributed by atoms with E-state index in [1.165, 1.54) is 5.56 Å². The van der Waals surface area contributed by atoms with E-state index < -0.39 is 0 Å². The quantitative estimate of drug-likeness (QED) is 0.887. The van der Waals surface area contributed by atoms with Gasteiger partial charge in [-0.1, -0.05) is 51.1 Å². The molecule has 0 saturated carbocycles. The summed E-state index contributed by atoms with van der Waals surface area (Å²) in [6.07, 6.45) is 0. The average Bonchev–Trinajstić information content (AvgIpc) is 2.41. The topological polar surface area (TPSA) is 35.2 Å². The molecule has 2 rings (SSSR count). The summed E-state index contributed by atoms with van der Waals surface area (Å²) >= 11 is 0. The first-order chi connectivity index (χ1) is 9.41. The molecular formula is C18H23NO. The number of rotatable bonds is 3. The molecule has 0 fully saturated rings. The number of aryl methyl sites for hydroxylation is 1. The van der Waals surface area contributed by atoms with E-state index in [0.29, 0.717) is 6.54 Å². The summed E-state index contributed by atoms with van der Waals surface area (Å²) in [5, 5.41) is 0. The highest BCUT2D eigenvalue weighted by Gasteiger charge is 2.19. The largest absolute Gasteiger partial charge is 0.457 e. The van der Waals surface area contributed by atoms with Gasteiger partial charge in [-0.05, 0) is 35.6 Å². The third-order valence-corrected chi connectivity index (χ3v) is 3.40. The first-order valence-electron chi connectivity index (χ1n) is 6.99. The van der Waals surface area contributed by atoms with Crippen LogP contribution >= 0.6 is 0 Å². The van der Waals surface area contributed by atoms with Crippen LogP contribution in [0.5, 0.6) is 11.5 Å². The van der Waals surface area contributed by atoms with Crippen molar-refractivity contribution in [2.24, 2.45) is 5.73 Å². The Kier molecular flexibility index (Phi) is 4.15. The van der Waals surface area contributed by atoms with Crippen LogP contribution in [-0.4, -0.2) is 0 Å². The molecule has 0 saturated heterocycles. The van der Waals surface area contributed by atoms with E-state index in [4.69, 9.17) is 10.5 Å². The fourth-order valence-corrected chi connectivity index (χ4v) is 2.18. The van der Waals surface area contributed by atoms with Gasteiger partial charge in [0.2, 0.25) is 0 Å². The van der Waals surface area contributed by atoms with Gasteiger partial charge in [0.1, 0.15) is 11.5 Å². The van der Waals surface area contributed by atoms with E-state index in [0.717, 1.165) is 22.6 Å². The molecule has 0 spiro atoms. The highest BCUT2D eigenvalue weighted by Crippen LogP contribution is 2.35. The fraction of sp³-hybridized carbons (Fsp3) is 0.333. The summed E-state index contributed by atoms with van der Waals surface area (Å²) < 4.78 is 6.15. The van der Waals surface area contributed by atoms with Crippen LogP contribution in [0, 0.1) is 6.92 Å².